The molecule has 2 fully saturated rings. The van der Waals surface area contributed by atoms with Crippen LogP contribution in [0.25, 0.3) is 11.3 Å². The van der Waals surface area contributed by atoms with Crippen molar-refractivity contribution in [2.24, 2.45) is 0 Å². The van der Waals surface area contributed by atoms with Crippen LogP contribution in [0.3, 0.4) is 0 Å². The minimum absolute atomic E-state index is 0.0250. The van der Waals surface area contributed by atoms with Crippen LogP contribution in [0.5, 0.6) is 5.75 Å². The topological polar surface area (TPSA) is 88.3 Å². The van der Waals surface area contributed by atoms with Gasteiger partial charge in [-0.25, -0.2) is 0 Å². The van der Waals surface area contributed by atoms with E-state index in [2.05, 4.69) is 21.6 Å². The maximum absolute atomic E-state index is 14.1. The van der Waals surface area contributed by atoms with E-state index in [-0.39, 0.29) is 28.8 Å². The van der Waals surface area contributed by atoms with Gasteiger partial charge in [-0.3, -0.25) is 19.3 Å². The van der Waals surface area contributed by atoms with Crippen LogP contribution in [-0.2, 0) is 30.5 Å². The number of likely N-dealkylation sites (tertiary alicyclic amines) is 1. The molecule has 0 bridgehead atoms. The number of benzene rings is 2. The fourth-order valence-corrected chi connectivity index (χ4v) is 7.89. The number of carbonyl (C=O) groups excluding carboxylic acids is 1. The molecule has 9 nitrogen and oxygen atoms in total. The van der Waals surface area contributed by atoms with Gasteiger partial charge in [0.15, 0.2) is 0 Å². The number of halogens is 3. The molecular weight excluding hydrogens is 629 g/mol. The lowest BCUT2D eigenvalue weighted by atomic mass is 10.00. The number of hydrogen-bond donors (Lipinski definition) is 2. The Morgan fingerprint density at radius 1 is 0.979 bits per heavy atom. The van der Waals surface area contributed by atoms with Crippen LogP contribution in [0.4, 0.5) is 18.9 Å². The monoisotopic (exact) mass is 672 g/mol. The Labute approximate surface area is 277 Å². The summed E-state index contributed by atoms with van der Waals surface area (Å²) in [5.74, 6) is 0.0754. The maximum atomic E-state index is 14.1. The first-order valence-electron chi connectivity index (χ1n) is 16.5. The molecular formula is C34H43F3N6O3S. The molecule has 13 heteroatoms. The lowest BCUT2D eigenvalue weighted by Crippen LogP contribution is -2.49. The minimum atomic E-state index is -4.55. The van der Waals surface area contributed by atoms with E-state index in [1.165, 1.54) is 12.1 Å². The van der Waals surface area contributed by atoms with Crippen LogP contribution >= 0.6 is 11.8 Å². The molecule has 3 aromatic rings. The number of carbonyl (C=O) groups is 1. The quantitative estimate of drug-likeness (QED) is 0.304. The minimum Gasteiger partial charge on any atom is -0.506 e. The molecule has 3 aliphatic rings. The van der Waals surface area contributed by atoms with Gasteiger partial charge in [0.05, 0.1) is 35.3 Å². The number of aliphatic hydroxyl groups excluding tert-OH is 1. The number of phenols is 1. The third-order valence-electron chi connectivity index (χ3n) is 9.48. The van der Waals surface area contributed by atoms with Crippen LogP contribution in [0.1, 0.15) is 36.6 Å². The summed E-state index contributed by atoms with van der Waals surface area (Å²) in [6.45, 7) is 9.39. The first-order valence-corrected chi connectivity index (χ1v) is 17.5. The van der Waals surface area contributed by atoms with Gasteiger partial charge >= 0.3 is 6.18 Å². The Hall–Kier alpha value is -3.26. The molecule has 0 saturated carbocycles. The molecule has 1 amide bonds. The molecule has 0 spiro atoms. The van der Waals surface area contributed by atoms with E-state index >= 15 is 0 Å². The predicted octanol–water partition coefficient (Wildman–Crippen LogP) is 4.55. The fourth-order valence-electron chi connectivity index (χ4n) is 6.88. The Bertz CT molecular complexity index is 1550. The Morgan fingerprint density at radius 3 is 2.43 bits per heavy atom. The smallest absolute Gasteiger partial charge is 0.417 e. The van der Waals surface area contributed by atoms with Crippen molar-refractivity contribution in [1.82, 2.24) is 24.5 Å². The molecule has 254 valence electrons. The van der Waals surface area contributed by atoms with E-state index in [9.17, 15) is 28.2 Å². The zero-order chi connectivity index (χ0) is 33.1. The highest BCUT2D eigenvalue weighted by molar-refractivity contribution is 8.00. The number of aliphatic hydroxyl groups is 1. The molecule has 4 heterocycles. The van der Waals surface area contributed by atoms with Crippen LogP contribution in [-0.4, -0.2) is 111 Å². The van der Waals surface area contributed by atoms with Gasteiger partial charge in [0.25, 0.3) is 0 Å². The van der Waals surface area contributed by atoms with Crippen molar-refractivity contribution >= 4 is 23.4 Å². The predicted molar refractivity (Wildman–Crippen MR) is 177 cm³/mol. The zero-order valence-corrected chi connectivity index (χ0v) is 27.6. The van der Waals surface area contributed by atoms with Gasteiger partial charge in [-0.1, -0.05) is 25.1 Å². The summed E-state index contributed by atoms with van der Waals surface area (Å²) in [6.07, 6.45) is -2.66. The van der Waals surface area contributed by atoms with Gasteiger partial charge < -0.3 is 20.0 Å². The number of thioether (sulfide) groups is 1. The molecule has 2 saturated heterocycles. The van der Waals surface area contributed by atoms with Crippen molar-refractivity contribution in [1.29, 1.82) is 0 Å². The standard InChI is InChI=1S/C34H43F3N6O3S/c1-2-39-14-11-28-26(22-39)33(24-9-10-27(34(35,36)37)31(19-24)47-23-32(46)42-12-5-6-13-42)38-43(28)21-25(44)20-40-15-17-41(18-16-40)29-7-3-4-8-30(29)45/h3-4,7-10,19,25,44-45H,2,5-6,11-18,20-23H2,1H3. The van der Waals surface area contributed by atoms with Crippen molar-refractivity contribution in [3.8, 4) is 17.0 Å². The highest BCUT2D eigenvalue weighted by atomic mass is 32.2. The highest BCUT2D eigenvalue weighted by Crippen LogP contribution is 2.40. The van der Waals surface area contributed by atoms with Gasteiger partial charge in [-0.15, -0.1) is 11.8 Å². The zero-order valence-electron chi connectivity index (χ0n) is 26.8. The molecule has 0 radical (unpaired) electrons. The lowest BCUT2D eigenvalue weighted by molar-refractivity contribution is -0.139. The Morgan fingerprint density at radius 2 is 1.72 bits per heavy atom. The average Bonchev–Trinajstić information content (AvgIpc) is 3.72. The number of phenolic OH excluding ortho intramolecular Hbond substituents is 1. The van der Waals surface area contributed by atoms with Crippen molar-refractivity contribution in [3.05, 3.63) is 59.3 Å². The largest absolute Gasteiger partial charge is 0.506 e. The first-order chi connectivity index (χ1) is 22.6. The maximum Gasteiger partial charge on any atom is 0.417 e. The second kappa shape index (κ2) is 14.5. The normalized spacial score (nSPS) is 18.5. The molecule has 1 unspecified atom stereocenters. The molecule has 3 aliphatic heterocycles. The molecule has 1 aromatic heterocycles. The second-order valence-corrected chi connectivity index (χ2v) is 13.6. The Kier molecular flexibility index (Phi) is 10.4. The van der Waals surface area contributed by atoms with E-state index in [0.717, 1.165) is 93.3 Å². The molecule has 47 heavy (non-hydrogen) atoms. The highest BCUT2D eigenvalue weighted by Gasteiger charge is 2.35. The van der Waals surface area contributed by atoms with E-state index < -0.39 is 17.8 Å². The number of alkyl halides is 3. The number of β-amino-alcohol motifs (C(OH)–C–C–N with tert-alkyl or cyclic N) is 1. The molecule has 6 rings (SSSR count). The van der Waals surface area contributed by atoms with Crippen LogP contribution < -0.4 is 4.90 Å². The van der Waals surface area contributed by atoms with Crippen molar-refractivity contribution in [2.45, 2.75) is 56.5 Å². The number of anilines is 1. The summed E-state index contributed by atoms with van der Waals surface area (Å²) in [6, 6.07) is 11.4. The Balaban J connectivity index is 1.19. The van der Waals surface area contributed by atoms with Crippen LogP contribution in [0.2, 0.25) is 0 Å². The van der Waals surface area contributed by atoms with E-state index in [0.29, 0.717) is 37.4 Å². The fraction of sp³-hybridized carbons (Fsp3) is 0.529. The second-order valence-electron chi connectivity index (χ2n) is 12.6. The van der Waals surface area contributed by atoms with Gasteiger partial charge in [0.2, 0.25) is 5.91 Å². The summed E-state index contributed by atoms with van der Waals surface area (Å²) in [4.78, 5) is 21.1. The summed E-state index contributed by atoms with van der Waals surface area (Å²) in [5.41, 5.74) is 3.26. The number of piperazine rings is 1. The van der Waals surface area contributed by atoms with Crippen LogP contribution in [0, 0.1) is 0 Å². The summed E-state index contributed by atoms with van der Waals surface area (Å²) >= 11 is 0.937. The molecule has 2 aromatic carbocycles. The number of para-hydroxylation sites is 2. The van der Waals surface area contributed by atoms with E-state index in [1.54, 1.807) is 17.0 Å². The van der Waals surface area contributed by atoms with Gasteiger partial charge in [0.1, 0.15) is 5.75 Å². The van der Waals surface area contributed by atoms with Crippen molar-refractivity contribution in [3.63, 3.8) is 0 Å². The number of nitrogens with zero attached hydrogens (tertiary/aromatic N) is 6. The number of rotatable bonds is 10. The van der Waals surface area contributed by atoms with Crippen LogP contribution in [0.15, 0.2) is 47.4 Å². The molecule has 0 aliphatic carbocycles. The third kappa shape index (κ3) is 7.74. The lowest BCUT2D eigenvalue weighted by Gasteiger charge is -2.37. The number of aromatic hydroxyl groups is 1. The van der Waals surface area contributed by atoms with Gasteiger partial charge in [-0.2, -0.15) is 18.3 Å². The molecule has 1 atom stereocenters. The number of amides is 1. The average molecular weight is 673 g/mol. The first kappa shape index (κ1) is 33.6. The summed E-state index contributed by atoms with van der Waals surface area (Å²) in [5, 5.41) is 26.4. The number of likely N-dealkylation sites (N-methyl/N-ethyl adjacent to an activating group) is 1. The summed E-state index contributed by atoms with van der Waals surface area (Å²) < 4.78 is 44.0. The number of aromatic nitrogens is 2. The SMILES string of the molecule is CCN1CCc2c(c(-c3ccc(C(F)(F)F)c(SCC(=O)N4CCCC4)c3)nn2CC(O)CN2CCN(c3ccccc3O)CC2)C1. The van der Waals surface area contributed by atoms with E-state index in [4.69, 9.17) is 5.10 Å². The van der Waals surface area contributed by atoms with Crippen molar-refractivity contribution < 1.29 is 28.2 Å². The van der Waals surface area contributed by atoms with Crippen molar-refractivity contribution in [2.75, 3.05) is 69.6 Å². The molecule has 2 N–H and O–H groups in total. The summed E-state index contributed by atoms with van der Waals surface area (Å²) in [7, 11) is 0. The van der Waals surface area contributed by atoms with Gasteiger partial charge in [-0.05, 0) is 43.7 Å². The van der Waals surface area contributed by atoms with Gasteiger partial charge in [0, 0.05) is 87.0 Å². The van der Waals surface area contributed by atoms with E-state index in [1.807, 2.05) is 16.8 Å². The number of fused-ring (bicyclic) bond motifs is 1. The third-order valence-corrected chi connectivity index (χ3v) is 10.5. The number of hydrogen-bond acceptors (Lipinski definition) is 8.